The standard InChI is InChI=1S/C11H17N3O2S/c1-2-9(15-4-1)11-13-10(16-14-11)6-8-7-17-5-3-12-8/h8-9,12H,1-7H2. The van der Waals surface area contributed by atoms with Gasteiger partial charge in [0.1, 0.15) is 6.10 Å². The van der Waals surface area contributed by atoms with E-state index < -0.39 is 0 Å². The normalized spacial score (nSPS) is 29.6. The fraction of sp³-hybridized carbons (Fsp3) is 0.818. The molecule has 0 spiro atoms. The van der Waals surface area contributed by atoms with E-state index in [0.29, 0.717) is 6.04 Å². The lowest BCUT2D eigenvalue weighted by Crippen LogP contribution is -2.38. The van der Waals surface area contributed by atoms with Crippen molar-refractivity contribution in [2.75, 3.05) is 24.7 Å². The fourth-order valence-electron chi connectivity index (χ4n) is 2.22. The number of nitrogens with zero attached hydrogens (tertiary/aromatic N) is 2. The maximum Gasteiger partial charge on any atom is 0.228 e. The van der Waals surface area contributed by atoms with Crippen LogP contribution in [0.1, 0.15) is 30.7 Å². The highest BCUT2D eigenvalue weighted by Crippen LogP contribution is 2.26. The minimum atomic E-state index is 0.0567. The molecule has 5 nitrogen and oxygen atoms in total. The predicted molar refractivity (Wildman–Crippen MR) is 65.0 cm³/mol. The second-order valence-electron chi connectivity index (χ2n) is 4.48. The lowest BCUT2D eigenvalue weighted by atomic mass is 10.2. The van der Waals surface area contributed by atoms with Crippen LogP contribution in [0, 0.1) is 0 Å². The van der Waals surface area contributed by atoms with Crippen LogP contribution in [0.25, 0.3) is 0 Å². The molecule has 0 amide bonds. The molecule has 0 aliphatic carbocycles. The van der Waals surface area contributed by atoms with Gasteiger partial charge in [0, 0.05) is 37.1 Å². The summed E-state index contributed by atoms with van der Waals surface area (Å²) in [6.07, 6.45) is 2.99. The molecule has 0 saturated carbocycles. The Morgan fingerprint density at radius 3 is 3.24 bits per heavy atom. The Hall–Kier alpha value is -0.590. The summed E-state index contributed by atoms with van der Waals surface area (Å²) in [6, 6.07) is 0.464. The van der Waals surface area contributed by atoms with Gasteiger partial charge in [0.05, 0.1) is 0 Å². The van der Waals surface area contributed by atoms with Crippen molar-refractivity contribution in [2.45, 2.75) is 31.4 Å². The summed E-state index contributed by atoms with van der Waals surface area (Å²) in [5, 5.41) is 7.48. The van der Waals surface area contributed by atoms with Crippen LogP contribution in [0.2, 0.25) is 0 Å². The summed E-state index contributed by atoms with van der Waals surface area (Å²) in [6.45, 7) is 1.89. The molecule has 2 atom stereocenters. The van der Waals surface area contributed by atoms with Gasteiger partial charge >= 0.3 is 0 Å². The van der Waals surface area contributed by atoms with Crippen molar-refractivity contribution in [2.24, 2.45) is 0 Å². The second-order valence-corrected chi connectivity index (χ2v) is 5.63. The molecule has 2 unspecified atom stereocenters. The zero-order valence-electron chi connectivity index (χ0n) is 9.72. The number of hydrogen-bond donors (Lipinski definition) is 1. The largest absolute Gasteiger partial charge is 0.370 e. The monoisotopic (exact) mass is 255 g/mol. The van der Waals surface area contributed by atoms with Crippen LogP contribution >= 0.6 is 11.8 Å². The molecule has 3 rings (SSSR count). The number of ether oxygens (including phenoxy) is 1. The van der Waals surface area contributed by atoms with Crippen LogP contribution in [0.5, 0.6) is 0 Å². The third-order valence-corrected chi connectivity index (χ3v) is 4.25. The Bertz CT molecular complexity index is 359. The van der Waals surface area contributed by atoms with Crippen molar-refractivity contribution in [3.8, 4) is 0 Å². The van der Waals surface area contributed by atoms with Crippen LogP contribution in [-0.2, 0) is 11.2 Å². The molecule has 0 bridgehead atoms. The van der Waals surface area contributed by atoms with Gasteiger partial charge in [-0.3, -0.25) is 0 Å². The highest BCUT2D eigenvalue weighted by molar-refractivity contribution is 7.99. The zero-order valence-corrected chi connectivity index (χ0v) is 10.5. The molecule has 2 aliphatic heterocycles. The molecule has 1 N–H and O–H groups in total. The number of nitrogens with one attached hydrogen (secondary N) is 1. The van der Waals surface area contributed by atoms with E-state index in [2.05, 4.69) is 15.5 Å². The highest BCUT2D eigenvalue weighted by atomic mass is 32.2. The van der Waals surface area contributed by atoms with Crippen LogP contribution in [-0.4, -0.2) is 40.8 Å². The summed E-state index contributed by atoms with van der Waals surface area (Å²) in [5.41, 5.74) is 0. The van der Waals surface area contributed by atoms with Crippen LogP contribution in [0.3, 0.4) is 0 Å². The van der Waals surface area contributed by atoms with E-state index in [9.17, 15) is 0 Å². The van der Waals surface area contributed by atoms with Crippen molar-refractivity contribution >= 4 is 11.8 Å². The quantitative estimate of drug-likeness (QED) is 0.875. The van der Waals surface area contributed by atoms with E-state index in [-0.39, 0.29) is 6.10 Å². The number of rotatable bonds is 3. The third-order valence-electron chi connectivity index (χ3n) is 3.12. The highest BCUT2D eigenvalue weighted by Gasteiger charge is 2.24. The minimum Gasteiger partial charge on any atom is -0.370 e. The maximum atomic E-state index is 5.54. The average molecular weight is 255 g/mol. The Balaban J connectivity index is 1.59. The molecule has 0 aromatic carbocycles. The van der Waals surface area contributed by atoms with E-state index >= 15 is 0 Å². The van der Waals surface area contributed by atoms with E-state index in [1.807, 2.05) is 11.8 Å². The fourth-order valence-corrected chi connectivity index (χ4v) is 3.17. The number of aromatic nitrogens is 2. The van der Waals surface area contributed by atoms with Gasteiger partial charge in [-0.25, -0.2) is 0 Å². The smallest absolute Gasteiger partial charge is 0.228 e. The van der Waals surface area contributed by atoms with Crippen molar-refractivity contribution in [3.63, 3.8) is 0 Å². The maximum absolute atomic E-state index is 5.54. The molecule has 17 heavy (non-hydrogen) atoms. The van der Waals surface area contributed by atoms with E-state index in [4.69, 9.17) is 9.26 Å². The van der Waals surface area contributed by atoms with Gasteiger partial charge in [0.2, 0.25) is 11.7 Å². The number of thioether (sulfide) groups is 1. The molecule has 6 heteroatoms. The summed E-state index contributed by atoms with van der Waals surface area (Å²) in [5.74, 6) is 3.77. The molecule has 1 aromatic heterocycles. The first-order valence-corrected chi connectivity index (χ1v) is 7.32. The number of hydrogen-bond acceptors (Lipinski definition) is 6. The average Bonchev–Trinajstić information content (AvgIpc) is 3.00. The van der Waals surface area contributed by atoms with Gasteiger partial charge in [-0.2, -0.15) is 16.7 Å². The predicted octanol–water partition coefficient (Wildman–Crippen LogP) is 1.17. The zero-order chi connectivity index (χ0) is 11.5. The van der Waals surface area contributed by atoms with Gasteiger partial charge in [0.25, 0.3) is 0 Å². The molecular formula is C11H17N3O2S. The lowest BCUT2D eigenvalue weighted by Gasteiger charge is -2.21. The molecule has 0 radical (unpaired) electrons. The first kappa shape index (κ1) is 11.5. The summed E-state index contributed by atoms with van der Waals surface area (Å²) < 4.78 is 10.8. The van der Waals surface area contributed by atoms with Gasteiger partial charge in [-0.1, -0.05) is 5.16 Å². The van der Waals surface area contributed by atoms with E-state index in [1.165, 1.54) is 5.75 Å². The molecule has 2 saturated heterocycles. The molecule has 94 valence electrons. The van der Waals surface area contributed by atoms with Crippen molar-refractivity contribution in [1.29, 1.82) is 0 Å². The first-order valence-electron chi connectivity index (χ1n) is 6.17. The molecule has 3 heterocycles. The Kier molecular flexibility index (Phi) is 3.63. The van der Waals surface area contributed by atoms with E-state index in [1.54, 1.807) is 0 Å². The third kappa shape index (κ3) is 2.81. The first-order chi connectivity index (χ1) is 8.42. The molecule has 1 aromatic rings. The molecule has 2 fully saturated rings. The molecule has 2 aliphatic rings. The van der Waals surface area contributed by atoms with Crippen LogP contribution < -0.4 is 5.32 Å². The Labute approximate surface area is 105 Å². The second kappa shape index (κ2) is 5.37. The summed E-state index contributed by atoms with van der Waals surface area (Å²) in [4.78, 5) is 4.43. The summed E-state index contributed by atoms with van der Waals surface area (Å²) >= 11 is 1.98. The Morgan fingerprint density at radius 2 is 2.47 bits per heavy atom. The topological polar surface area (TPSA) is 60.2 Å². The Morgan fingerprint density at radius 1 is 1.47 bits per heavy atom. The van der Waals surface area contributed by atoms with Gasteiger partial charge in [-0.05, 0) is 12.8 Å². The van der Waals surface area contributed by atoms with Crippen LogP contribution in [0.4, 0.5) is 0 Å². The summed E-state index contributed by atoms with van der Waals surface area (Å²) in [7, 11) is 0. The molecular weight excluding hydrogens is 238 g/mol. The van der Waals surface area contributed by atoms with Gasteiger partial charge in [0.15, 0.2) is 0 Å². The van der Waals surface area contributed by atoms with Crippen molar-refractivity contribution in [1.82, 2.24) is 15.5 Å². The SMILES string of the molecule is C1COC(c2noc(CC3CSCCN3)n2)C1. The van der Waals surface area contributed by atoms with Crippen molar-refractivity contribution in [3.05, 3.63) is 11.7 Å². The minimum absolute atomic E-state index is 0.0567. The van der Waals surface area contributed by atoms with Gasteiger partial charge < -0.3 is 14.6 Å². The van der Waals surface area contributed by atoms with Gasteiger partial charge in [-0.15, -0.1) is 0 Å². The van der Waals surface area contributed by atoms with Crippen LogP contribution in [0.15, 0.2) is 4.52 Å². The lowest BCUT2D eigenvalue weighted by molar-refractivity contribution is 0.103. The van der Waals surface area contributed by atoms with Crippen molar-refractivity contribution < 1.29 is 9.26 Å². The van der Waals surface area contributed by atoms with E-state index in [0.717, 1.165) is 49.9 Å².